The van der Waals surface area contributed by atoms with Crippen LogP contribution >= 0.6 is 15.9 Å². The number of carbonyl (C=O) groups is 2. The fourth-order valence-corrected chi connectivity index (χ4v) is 10.1. The average Bonchev–Trinajstić information content (AvgIpc) is 3.78. The van der Waals surface area contributed by atoms with E-state index in [4.69, 9.17) is 34.0 Å². The summed E-state index contributed by atoms with van der Waals surface area (Å²) in [6.45, 7) is 27.5. The first-order valence-electron chi connectivity index (χ1n) is 21.5. The molecule has 3 aromatic rings. The molecule has 326 valence electrons. The van der Waals surface area contributed by atoms with Gasteiger partial charge >= 0.3 is 12.2 Å². The van der Waals surface area contributed by atoms with E-state index in [1.807, 2.05) is 69.3 Å². The minimum Gasteiger partial charge on any atom is -0.444 e. The molecule has 2 saturated heterocycles. The first-order chi connectivity index (χ1) is 27.5. The van der Waals surface area contributed by atoms with Gasteiger partial charge < -0.3 is 28.7 Å². The third kappa shape index (κ3) is 11.9. The third-order valence-corrected chi connectivity index (χ3v) is 15.1. The van der Waals surface area contributed by atoms with Gasteiger partial charge in [-0.05, 0) is 120 Å². The lowest BCUT2D eigenvalue weighted by Gasteiger charge is -2.39. The summed E-state index contributed by atoms with van der Waals surface area (Å²) >= 11 is 4.08. The average molecular weight is 915 g/mol. The highest BCUT2D eigenvalue weighted by atomic mass is 79.9. The molecule has 6 rings (SSSR count). The zero-order valence-corrected chi connectivity index (χ0v) is 41.1. The molecule has 2 aliphatic heterocycles. The van der Waals surface area contributed by atoms with Crippen molar-refractivity contribution in [2.45, 2.75) is 167 Å². The topological polar surface area (TPSA) is 124 Å². The Morgan fingerprint density at radius 1 is 0.831 bits per heavy atom. The van der Waals surface area contributed by atoms with Crippen LogP contribution in [0.5, 0.6) is 0 Å². The van der Waals surface area contributed by atoms with Crippen molar-refractivity contribution in [3.8, 4) is 11.1 Å². The van der Waals surface area contributed by atoms with Gasteiger partial charge in [0.05, 0.1) is 16.4 Å². The maximum atomic E-state index is 13.5. The van der Waals surface area contributed by atoms with Gasteiger partial charge in [-0.25, -0.2) is 19.6 Å². The van der Waals surface area contributed by atoms with Crippen LogP contribution < -0.4 is 9.80 Å². The van der Waals surface area contributed by atoms with Crippen molar-refractivity contribution in [3.05, 3.63) is 34.7 Å². The Labute approximate surface area is 362 Å². The monoisotopic (exact) mass is 913 g/mol. The Bertz CT molecular complexity index is 1910. The number of piperidine rings is 1. The van der Waals surface area contributed by atoms with Gasteiger partial charge in [0.15, 0.2) is 11.5 Å². The molecule has 3 aromatic heterocycles. The Balaban J connectivity index is 1.39. The SMILES string of the molecule is CC(C)(C)OC(=O)N(c1ccc(-c2cnn3c(N(COCC[Si](C)(C)C)COCC[Si](C)(C)C)c(Br)c([C@H]4C[C@H]5CC[C@@H](C4)N5C(=O)OC(C)(C)C)nc23)cn1)C1CC1. The van der Waals surface area contributed by atoms with Crippen molar-refractivity contribution < 1.29 is 28.5 Å². The maximum Gasteiger partial charge on any atom is 0.416 e. The number of anilines is 2. The number of halogens is 1. The van der Waals surface area contributed by atoms with Crippen molar-refractivity contribution in [2.75, 3.05) is 36.5 Å². The van der Waals surface area contributed by atoms with Crippen molar-refractivity contribution in [2.24, 2.45) is 0 Å². The summed E-state index contributed by atoms with van der Waals surface area (Å²) in [7, 11) is -2.65. The second-order valence-electron chi connectivity index (χ2n) is 21.1. The van der Waals surface area contributed by atoms with Crippen LogP contribution in [0.25, 0.3) is 16.8 Å². The largest absolute Gasteiger partial charge is 0.444 e. The van der Waals surface area contributed by atoms with Gasteiger partial charge in [0, 0.05) is 70.7 Å². The van der Waals surface area contributed by atoms with E-state index < -0.39 is 27.3 Å². The highest BCUT2D eigenvalue weighted by molar-refractivity contribution is 9.10. The number of ether oxygens (including phenoxy) is 4. The zero-order valence-electron chi connectivity index (χ0n) is 37.6. The number of hydrogen-bond acceptors (Lipinski definition) is 10. The minimum absolute atomic E-state index is 0.0633. The van der Waals surface area contributed by atoms with Crippen LogP contribution in [0.3, 0.4) is 0 Å². The number of amides is 2. The summed E-state index contributed by atoms with van der Waals surface area (Å²) in [6, 6.07) is 6.18. The molecular weight excluding hydrogens is 847 g/mol. The predicted molar refractivity (Wildman–Crippen MR) is 243 cm³/mol. The summed E-state index contributed by atoms with van der Waals surface area (Å²) in [4.78, 5) is 42.8. The lowest BCUT2D eigenvalue weighted by atomic mass is 9.88. The maximum absolute atomic E-state index is 13.5. The molecular formula is C43H68BrN7O6Si2. The Hall–Kier alpha value is -3.06. The van der Waals surface area contributed by atoms with Crippen molar-refractivity contribution in [1.29, 1.82) is 0 Å². The smallest absolute Gasteiger partial charge is 0.416 e. The van der Waals surface area contributed by atoms with Crippen LogP contribution in [0.1, 0.15) is 91.7 Å². The van der Waals surface area contributed by atoms with Gasteiger partial charge in [-0.3, -0.25) is 4.90 Å². The Morgan fingerprint density at radius 3 is 1.90 bits per heavy atom. The standard InChI is InChI=1S/C43H68BrN7O6Si2/c1-42(2,3)56-40(52)49-32-16-17-33(49)24-30(23-32)37-36(44)39(48(27-54-19-21-58(7,8)9)28-55-20-22-59(10,11)12)51-38(47-37)34(26-46-51)29-13-18-35(45-25-29)50(31-14-15-31)41(53)57-43(4,5)6/h13,18,25-26,30-33H,14-17,19-24,27-28H2,1-12H3/t30-,32+,33-. The molecule has 5 heterocycles. The van der Waals surface area contributed by atoms with Gasteiger partial charge in [0.2, 0.25) is 0 Å². The summed E-state index contributed by atoms with van der Waals surface area (Å²) < 4.78 is 27.3. The molecule has 0 aromatic carbocycles. The van der Waals surface area contributed by atoms with Crippen molar-refractivity contribution in [1.82, 2.24) is 24.5 Å². The van der Waals surface area contributed by atoms with E-state index in [-0.39, 0.29) is 36.2 Å². The predicted octanol–water partition coefficient (Wildman–Crippen LogP) is 10.5. The van der Waals surface area contributed by atoms with E-state index in [1.54, 1.807) is 11.1 Å². The van der Waals surface area contributed by atoms with E-state index in [0.717, 1.165) is 77.7 Å². The lowest BCUT2D eigenvalue weighted by molar-refractivity contribution is 0.00564. The van der Waals surface area contributed by atoms with E-state index in [2.05, 4.69) is 60.1 Å². The van der Waals surface area contributed by atoms with Crippen LogP contribution in [0.15, 0.2) is 29.0 Å². The lowest BCUT2D eigenvalue weighted by Crippen LogP contribution is -2.48. The summed E-state index contributed by atoms with van der Waals surface area (Å²) in [6.07, 6.45) is 8.28. The molecule has 3 atom stereocenters. The van der Waals surface area contributed by atoms with Crippen LogP contribution in [0.4, 0.5) is 21.2 Å². The summed E-state index contributed by atoms with van der Waals surface area (Å²) in [5.41, 5.74) is 2.10. The van der Waals surface area contributed by atoms with Crippen LogP contribution in [0, 0.1) is 0 Å². The van der Waals surface area contributed by atoms with Crippen LogP contribution in [-0.4, -0.2) is 109 Å². The van der Waals surface area contributed by atoms with E-state index >= 15 is 0 Å². The first kappa shape index (κ1) is 45.5. The van der Waals surface area contributed by atoms with Gasteiger partial charge in [-0.15, -0.1) is 0 Å². The first-order valence-corrected chi connectivity index (χ1v) is 29.7. The molecule has 1 aliphatic carbocycles. The van der Waals surface area contributed by atoms with Gasteiger partial charge in [0.1, 0.15) is 30.5 Å². The quantitative estimate of drug-likeness (QED) is 0.0827. The molecule has 0 radical (unpaired) electrons. The van der Waals surface area contributed by atoms with Gasteiger partial charge in [-0.1, -0.05) is 39.3 Å². The minimum atomic E-state index is -1.33. The Kier molecular flexibility index (Phi) is 13.7. The van der Waals surface area contributed by atoms with E-state index in [0.29, 0.717) is 38.1 Å². The third-order valence-electron chi connectivity index (χ3n) is 10.9. The second-order valence-corrected chi connectivity index (χ2v) is 33.1. The number of carbonyl (C=O) groups excluding carboxylic acids is 2. The summed E-state index contributed by atoms with van der Waals surface area (Å²) in [5.74, 6) is 1.45. The summed E-state index contributed by atoms with van der Waals surface area (Å²) in [5, 5.41) is 4.98. The fourth-order valence-electron chi connectivity index (χ4n) is 7.76. The van der Waals surface area contributed by atoms with E-state index in [9.17, 15) is 9.59 Å². The molecule has 3 aliphatic rings. The molecule has 0 N–H and O–H groups in total. The highest BCUT2D eigenvalue weighted by Crippen LogP contribution is 2.47. The molecule has 0 unspecified atom stereocenters. The molecule has 0 spiro atoms. The number of nitrogens with zero attached hydrogens (tertiary/aromatic N) is 7. The van der Waals surface area contributed by atoms with Gasteiger partial charge in [-0.2, -0.15) is 9.61 Å². The molecule has 2 bridgehead atoms. The van der Waals surface area contributed by atoms with Crippen molar-refractivity contribution in [3.63, 3.8) is 0 Å². The molecule has 16 heteroatoms. The highest BCUT2D eigenvalue weighted by Gasteiger charge is 2.46. The Morgan fingerprint density at radius 2 is 1.41 bits per heavy atom. The zero-order chi connectivity index (χ0) is 43.1. The fraction of sp³-hybridized carbons (Fsp3) is 0.698. The van der Waals surface area contributed by atoms with Gasteiger partial charge in [0.25, 0.3) is 0 Å². The molecule has 59 heavy (non-hydrogen) atoms. The van der Waals surface area contributed by atoms with Crippen LogP contribution in [-0.2, 0) is 18.9 Å². The van der Waals surface area contributed by atoms with E-state index in [1.165, 1.54) is 0 Å². The molecule has 2 amide bonds. The second kappa shape index (κ2) is 17.7. The number of fused-ring (bicyclic) bond motifs is 3. The normalized spacial score (nSPS) is 19.9. The number of rotatable bonds is 15. The number of hydrogen-bond donors (Lipinski definition) is 0. The van der Waals surface area contributed by atoms with Crippen molar-refractivity contribution >= 4 is 61.5 Å². The number of pyridine rings is 1. The van der Waals surface area contributed by atoms with Crippen LogP contribution in [0.2, 0.25) is 51.4 Å². The molecule has 3 fully saturated rings. The number of aromatic nitrogens is 4. The molecule has 13 nitrogen and oxygen atoms in total. The molecule has 1 saturated carbocycles.